The van der Waals surface area contributed by atoms with E-state index in [4.69, 9.17) is 27.9 Å². The molecule has 2 fully saturated rings. The van der Waals surface area contributed by atoms with Gasteiger partial charge in [0.15, 0.2) is 5.82 Å². The zero-order valence-electron chi connectivity index (χ0n) is 28.5. The zero-order chi connectivity index (χ0) is 35.6. The van der Waals surface area contributed by atoms with Gasteiger partial charge in [-0.3, -0.25) is 19.4 Å². The van der Waals surface area contributed by atoms with E-state index in [0.29, 0.717) is 77.3 Å². The Hall–Kier alpha value is -4.49. The lowest BCUT2D eigenvalue weighted by molar-refractivity contribution is -0.134. The van der Waals surface area contributed by atoms with Crippen LogP contribution in [0.2, 0.25) is 10.0 Å². The molecule has 7 rings (SSSR count). The van der Waals surface area contributed by atoms with Crippen molar-refractivity contribution in [2.24, 2.45) is 7.05 Å². The van der Waals surface area contributed by atoms with Crippen LogP contribution in [0, 0.1) is 0 Å². The molecule has 5 heterocycles. The molecule has 2 saturated heterocycles. The number of rotatable bonds is 10. The van der Waals surface area contributed by atoms with Crippen molar-refractivity contribution in [1.29, 1.82) is 0 Å². The minimum atomic E-state index is -0.405. The molecule has 0 aliphatic carbocycles. The fourth-order valence-corrected chi connectivity index (χ4v) is 7.75. The number of nitrogens with zero attached hydrogens (tertiary/aromatic N) is 4. The van der Waals surface area contributed by atoms with E-state index in [1.165, 1.54) is 0 Å². The fraction of sp³-hybridized carbons (Fsp3) is 0.378. The number of methoxy groups -OCH3 is 1. The Bertz CT molecular complexity index is 1990. The minimum absolute atomic E-state index is 0.0907. The lowest BCUT2D eigenvalue weighted by Gasteiger charge is -2.29. The molecule has 0 radical (unpaired) electrons. The number of halogens is 2. The lowest BCUT2D eigenvalue weighted by atomic mass is 10.0. The van der Waals surface area contributed by atoms with Crippen molar-refractivity contribution in [1.82, 2.24) is 35.4 Å². The molecule has 3 aliphatic heterocycles. The first-order valence-corrected chi connectivity index (χ1v) is 18.0. The van der Waals surface area contributed by atoms with Gasteiger partial charge in [0.25, 0.3) is 5.91 Å². The zero-order valence-corrected chi connectivity index (χ0v) is 30.0. The molecule has 3 amide bonds. The van der Waals surface area contributed by atoms with Crippen LogP contribution in [0.25, 0.3) is 22.4 Å². The van der Waals surface area contributed by atoms with Gasteiger partial charge in [-0.25, -0.2) is 4.98 Å². The van der Waals surface area contributed by atoms with E-state index in [-0.39, 0.29) is 29.7 Å². The number of ether oxygens (including phenoxy) is 1. The molecule has 2 aromatic carbocycles. The predicted molar refractivity (Wildman–Crippen MR) is 196 cm³/mol. The molecule has 1 unspecified atom stereocenters. The summed E-state index contributed by atoms with van der Waals surface area (Å²) in [5, 5.41) is 13.3. The molecule has 4 aromatic rings. The van der Waals surface area contributed by atoms with Crippen LogP contribution >= 0.6 is 23.2 Å². The Morgan fingerprint density at radius 2 is 1.92 bits per heavy atom. The number of hydrogen-bond donors (Lipinski definition) is 4. The minimum Gasteiger partial charge on any atom is -0.496 e. The monoisotopic (exact) mass is 730 g/mol. The highest BCUT2D eigenvalue weighted by atomic mass is 35.5. The second-order valence-electron chi connectivity index (χ2n) is 13.1. The SMILES string of the molecule is COc1cc(-c2nccc(-c3cccc(NC(=O)c4nc5c(n4C)CCN(C(=O)[C@H]4CCCN4)C5)c3Cl)c2Cl)ccc1CNCC1CCC(=O)N1. The summed E-state index contributed by atoms with van der Waals surface area (Å²) in [5.41, 5.74) is 5.66. The first kappa shape index (κ1) is 34.9. The summed E-state index contributed by atoms with van der Waals surface area (Å²) in [4.78, 5) is 49.2. The van der Waals surface area contributed by atoms with Crippen LogP contribution in [-0.4, -0.2) is 76.0 Å². The number of anilines is 1. The standard InChI is InChI=1S/C37H40Cl2N8O4/c1-46-29-13-16-47(37(50)27-7-4-14-41-27)20-28(29)44-35(46)36(49)45-26-6-3-5-24(32(26)38)25-12-15-42-34(33(25)39)21-8-9-22(30(17-21)51-2)18-40-19-23-10-11-31(48)43-23/h3,5-6,8-9,12,15,17,23,27,40-41H,4,7,10-11,13-14,16,18-20H2,1-2H3,(H,43,48)(H,45,49)/t23?,27-/m1/s1. The van der Waals surface area contributed by atoms with Crippen LogP contribution in [0.1, 0.15) is 53.3 Å². The van der Waals surface area contributed by atoms with Crippen molar-refractivity contribution in [2.45, 2.75) is 57.3 Å². The third-order valence-electron chi connectivity index (χ3n) is 9.91. The Morgan fingerprint density at radius 1 is 1.08 bits per heavy atom. The van der Waals surface area contributed by atoms with Gasteiger partial charge in [0.1, 0.15) is 5.75 Å². The van der Waals surface area contributed by atoms with E-state index in [0.717, 1.165) is 48.3 Å². The van der Waals surface area contributed by atoms with Crippen molar-refractivity contribution in [3.8, 4) is 28.1 Å². The maximum absolute atomic E-state index is 13.6. The summed E-state index contributed by atoms with van der Waals surface area (Å²) in [5.74, 6) is 0.709. The average Bonchev–Trinajstić information content (AvgIpc) is 3.90. The quantitative estimate of drug-likeness (QED) is 0.184. The normalized spacial score (nSPS) is 18.4. The van der Waals surface area contributed by atoms with Crippen molar-refractivity contribution in [3.63, 3.8) is 0 Å². The molecule has 0 saturated carbocycles. The van der Waals surface area contributed by atoms with Crippen LogP contribution < -0.4 is 26.0 Å². The highest BCUT2D eigenvalue weighted by molar-refractivity contribution is 6.39. The largest absolute Gasteiger partial charge is 0.496 e. The summed E-state index contributed by atoms with van der Waals surface area (Å²) in [6.45, 7) is 3.06. The van der Waals surface area contributed by atoms with E-state index < -0.39 is 5.91 Å². The van der Waals surface area contributed by atoms with Gasteiger partial charge in [-0.15, -0.1) is 0 Å². The number of fused-ring (bicyclic) bond motifs is 1. The molecule has 266 valence electrons. The molecule has 3 aliphatic rings. The second kappa shape index (κ2) is 15.0. The summed E-state index contributed by atoms with van der Waals surface area (Å²) in [7, 11) is 3.44. The summed E-state index contributed by atoms with van der Waals surface area (Å²) in [6, 6.07) is 13.0. The van der Waals surface area contributed by atoms with Gasteiger partial charge in [-0.1, -0.05) is 47.5 Å². The fourth-order valence-electron chi connectivity index (χ4n) is 7.15. The molecule has 0 spiro atoms. The Morgan fingerprint density at radius 3 is 2.69 bits per heavy atom. The highest BCUT2D eigenvalue weighted by Gasteiger charge is 2.32. The third-order valence-corrected chi connectivity index (χ3v) is 10.7. The van der Waals surface area contributed by atoms with Crippen LogP contribution in [0.3, 0.4) is 0 Å². The van der Waals surface area contributed by atoms with Gasteiger partial charge < -0.3 is 35.5 Å². The molecule has 12 nitrogen and oxygen atoms in total. The van der Waals surface area contributed by atoms with Crippen LogP contribution in [0.15, 0.2) is 48.7 Å². The Labute approximate surface area is 306 Å². The molecular weight excluding hydrogens is 691 g/mol. The Balaban J connectivity index is 1.07. The summed E-state index contributed by atoms with van der Waals surface area (Å²) >= 11 is 14.0. The number of imidazole rings is 1. The number of pyridine rings is 1. The van der Waals surface area contributed by atoms with Gasteiger partial charge in [-0.05, 0) is 44.0 Å². The average molecular weight is 732 g/mol. The molecular formula is C37H40Cl2N8O4. The summed E-state index contributed by atoms with van der Waals surface area (Å²) in [6.07, 6.45) is 5.52. The van der Waals surface area contributed by atoms with Crippen molar-refractivity contribution < 1.29 is 19.1 Å². The van der Waals surface area contributed by atoms with Crippen LogP contribution in [0.4, 0.5) is 5.69 Å². The first-order valence-electron chi connectivity index (χ1n) is 17.2. The van der Waals surface area contributed by atoms with E-state index >= 15 is 0 Å². The molecule has 4 N–H and O–H groups in total. The smallest absolute Gasteiger partial charge is 0.291 e. The molecule has 2 atom stereocenters. The number of carbonyl (C=O) groups excluding carboxylic acids is 3. The lowest BCUT2D eigenvalue weighted by Crippen LogP contribution is -2.45. The van der Waals surface area contributed by atoms with Gasteiger partial charge in [-0.2, -0.15) is 0 Å². The van der Waals surface area contributed by atoms with Crippen LogP contribution in [-0.2, 0) is 36.1 Å². The maximum atomic E-state index is 13.6. The summed E-state index contributed by atoms with van der Waals surface area (Å²) < 4.78 is 7.51. The van der Waals surface area contributed by atoms with Crippen LogP contribution in [0.5, 0.6) is 5.75 Å². The topological polar surface area (TPSA) is 143 Å². The van der Waals surface area contributed by atoms with Crippen molar-refractivity contribution in [2.75, 3.05) is 32.1 Å². The predicted octanol–water partition coefficient (Wildman–Crippen LogP) is 4.72. The Kier molecular flexibility index (Phi) is 10.3. The number of amides is 3. The number of carbonyl (C=O) groups is 3. The number of aromatic nitrogens is 3. The van der Waals surface area contributed by atoms with E-state index in [1.54, 1.807) is 36.1 Å². The van der Waals surface area contributed by atoms with Crippen molar-refractivity contribution in [3.05, 3.63) is 81.5 Å². The maximum Gasteiger partial charge on any atom is 0.291 e. The van der Waals surface area contributed by atoms with E-state index in [9.17, 15) is 14.4 Å². The van der Waals surface area contributed by atoms with E-state index in [2.05, 4.69) is 31.2 Å². The number of benzene rings is 2. The molecule has 0 bridgehead atoms. The van der Waals surface area contributed by atoms with E-state index in [1.807, 2.05) is 36.2 Å². The number of hydrogen-bond acceptors (Lipinski definition) is 8. The molecule has 51 heavy (non-hydrogen) atoms. The van der Waals surface area contributed by atoms with Gasteiger partial charge in [0, 0.05) is 79.7 Å². The van der Waals surface area contributed by atoms with Gasteiger partial charge >= 0.3 is 0 Å². The molecule has 14 heteroatoms. The van der Waals surface area contributed by atoms with Gasteiger partial charge in [0.2, 0.25) is 11.8 Å². The first-order chi connectivity index (χ1) is 24.7. The number of nitrogens with one attached hydrogen (secondary N) is 4. The van der Waals surface area contributed by atoms with Crippen molar-refractivity contribution >= 4 is 46.6 Å². The third kappa shape index (κ3) is 7.18. The van der Waals surface area contributed by atoms with Gasteiger partial charge in [0.05, 0.1) is 46.8 Å². The highest BCUT2D eigenvalue weighted by Crippen LogP contribution is 2.41. The second-order valence-corrected chi connectivity index (χ2v) is 13.9. The molecule has 2 aromatic heterocycles.